The number of likely N-dealkylation sites (tertiary alicyclic amines) is 2. The second-order valence-electron chi connectivity index (χ2n) is 5.47. The van der Waals surface area contributed by atoms with Crippen molar-refractivity contribution in [3.05, 3.63) is 0 Å². The Balaban J connectivity index is 1.72. The maximum absolute atomic E-state index is 11.7. The summed E-state index contributed by atoms with van der Waals surface area (Å²) in [5.74, 6) is -0.0455. The number of piperidine rings is 1. The van der Waals surface area contributed by atoms with Crippen LogP contribution in [0.5, 0.6) is 0 Å². The Hall–Kier alpha value is -0.610. The van der Waals surface area contributed by atoms with Crippen molar-refractivity contribution in [1.29, 1.82) is 0 Å². The highest BCUT2D eigenvalue weighted by atomic mass is 16.5. The van der Waals surface area contributed by atoms with Gasteiger partial charge in [0.15, 0.2) is 0 Å². The van der Waals surface area contributed by atoms with Crippen molar-refractivity contribution in [3.63, 3.8) is 0 Å². The molecular weight excluding hydrogens is 228 g/mol. The van der Waals surface area contributed by atoms with Crippen LogP contribution < -0.4 is 0 Å². The monoisotopic (exact) mass is 254 g/mol. The standard InChI is InChI=1S/C14H26N2O2/c1-18-14(17)13-7-2-3-11-16(13)12-6-10-15-8-4-5-9-15/h13H,2-12H2,1H3/t13-/m1/s1. The number of carbonyl (C=O) groups excluding carboxylic acids is 1. The molecule has 0 aliphatic carbocycles. The second-order valence-corrected chi connectivity index (χ2v) is 5.47. The minimum absolute atomic E-state index is 0.0160. The number of methoxy groups -OCH3 is 1. The molecule has 0 aromatic heterocycles. The first-order valence-electron chi connectivity index (χ1n) is 7.35. The molecule has 4 nitrogen and oxygen atoms in total. The fourth-order valence-electron chi connectivity index (χ4n) is 3.17. The zero-order chi connectivity index (χ0) is 12.8. The van der Waals surface area contributed by atoms with Gasteiger partial charge < -0.3 is 9.64 Å². The molecule has 0 amide bonds. The zero-order valence-corrected chi connectivity index (χ0v) is 11.6. The van der Waals surface area contributed by atoms with Crippen molar-refractivity contribution in [1.82, 2.24) is 9.80 Å². The molecule has 0 bridgehead atoms. The van der Waals surface area contributed by atoms with Crippen molar-refractivity contribution < 1.29 is 9.53 Å². The molecule has 0 saturated carbocycles. The molecule has 18 heavy (non-hydrogen) atoms. The summed E-state index contributed by atoms with van der Waals surface area (Å²) in [7, 11) is 1.50. The lowest BCUT2D eigenvalue weighted by atomic mass is 10.0. The van der Waals surface area contributed by atoms with E-state index in [0.717, 1.165) is 25.9 Å². The quantitative estimate of drug-likeness (QED) is 0.696. The van der Waals surface area contributed by atoms with Gasteiger partial charge in [0.1, 0.15) is 6.04 Å². The summed E-state index contributed by atoms with van der Waals surface area (Å²) in [5.41, 5.74) is 0. The van der Waals surface area contributed by atoms with Gasteiger partial charge in [-0.3, -0.25) is 9.69 Å². The number of hydrogen-bond donors (Lipinski definition) is 0. The molecule has 2 saturated heterocycles. The highest BCUT2D eigenvalue weighted by Crippen LogP contribution is 2.18. The van der Waals surface area contributed by atoms with Crippen molar-refractivity contribution in [2.45, 2.75) is 44.6 Å². The lowest BCUT2D eigenvalue weighted by Crippen LogP contribution is -2.46. The van der Waals surface area contributed by atoms with Gasteiger partial charge in [0.25, 0.3) is 0 Å². The van der Waals surface area contributed by atoms with Crippen LogP contribution >= 0.6 is 0 Å². The average molecular weight is 254 g/mol. The van der Waals surface area contributed by atoms with Crippen LogP contribution in [0.25, 0.3) is 0 Å². The summed E-state index contributed by atoms with van der Waals surface area (Å²) in [6, 6.07) is 0.0160. The summed E-state index contributed by atoms with van der Waals surface area (Å²) in [6.45, 7) is 5.81. The molecule has 0 N–H and O–H groups in total. The molecule has 0 aromatic carbocycles. The van der Waals surface area contributed by atoms with Gasteiger partial charge in [-0.25, -0.2) is 0 Å². The average Bonchev–Trinajstić information content (AvgIpc) is 2.92. The van der Waals surface area contributed by atoms with Gasteiger partial charge in [-0.05, 0) is 58.3 Å². The third kappa shape index (κ3) is 3.69. The Morgan fingerprint density at radius 1 is 1.11 bits per heavy atom. The molecule has 2 fully saturated rings. The van der Waals surface area contributed by atoms with Crippen molar-refractivity contribution in [2.75, 3.05) is 39.8 Å². The van der Waals surface area contributed by atoms with E-state index >= 15 is 0 Å². The molecule has 104 valence electrons. The highest BCUT2D eigenvalue weighted by molar-refractivity contribution is 5.75. The van der Waals surface area contributed by atoms with Gasteiger partial charge in [0.05, 0.1) is 7.11 Å². The summed E-state index contributed by atoms with van der Waals surface area (Å²) in [4.78, 5) is 16.6. The van der Waals surface area contributed by atoms with E-state index in [1.165, 1.54) is 52.4 Å². The zero-order valence-electron chi connectivity index (χ0n) is 11.6. The third-order valence-electron chi connectivity index (χ3n) is 4.21. The normalized spacial score (nSPS) is 26.4. The minimum Gasteiger partial charge on any atom is -0.468 e. The van der Waals surface area contributed by atoms with Crippen LogP contribution in [0.2, 0.25) is 0 Å². The highest BCUT2D eigenvalue weighted by Gasteiger charge is 2.28. The molecule has 0 spiro atoms. The fraction of sp³-hybridized carbons (Fsp3) is 0.929. The third-order valence-corrected chi connectivity index (χ3v) is 4.21. The molecule has 2 rings (SSSR count). The largest absolute Gasteiger partial charge is 0.468 e. The molecular formula is C14H26N2O2. The second kappa shape index (κ2) is 7.10. The SMILES string of the molecule is COC(=O)[C@H]1CCCCN1CCCN1CCCC1. The lowest BCUT2D eigenvalue weighted by Gasteiger charge is -2.34. The van der Waals surface area contributed by atoms with Crippen LogP contribution in [-0.2, 0) is 9.53 Å². The topological polar surface area (TPSA) is 32.8 Å². The number of rotatable bonds is 5. The molecule has 2 aliphatic rings. The van der Waals surface area contributed by atoms with E-state index in [4.69, 9.17) is 4.74 Å². The first kappa shape index (κ1) is 13.8. The van der Waals surface area contributed by atoms with Gasteiger partial charge >= 0.3 is 5.97 Å². The molecule has 1 atom stereocenters. The number of carbonyl (C=O) groups is 1. The summed E-state index contributed by atoms with van der Waals surface area (Å²) >= 11 is 0. The molecule has 2 heterocycles. The van der Waals surface area contributed by atoms with E-state index in [1.807, 2.05) is 0 Å². The number of nitrogens with zero attached hydrogens (tertiary/aromatic N) is 2. The molecule has 4 heteroatoms. The van der Waals surface area contributed by atoms with Crippen molar-refractivity contribution in [3.8, 4) is 0 Å². The smallest absolute Gasteiger partial charge is 0.323 e. The van der Waals surface area contributed by atoms with E-state index in [-0.39, 0.29) is 12.0 Å². The van der Waals surface area contributed by atoms with Crippen LogP contribution in [0.3, 0.4) is 0 Å². The Morgan fingerprint density at radius 3 is 2.56 bits per heavy atom. The Bertz CT molecular complexity index is 265. The van der Waals surface area contributed by atoms with E-state index in [0.29, 0.717) is 0 Å². The summed E-state index contributed by atoms with van der Waals surface area (Å²) < 4.78 is 4.91. The van der Waals surface area contributed by atoms with Crippen LogP contribution in [0, 0.1) is 0 Å². The Morgan fingerprint density at radius 2 is 1.83 bits per heavy atom. The van der Waals surface area contributed by atoms with E-state index < -0.39 is 0 Å². The van der Waals surface area contributed by atoms with Gasteiger partial charge in [0, 0.05) is 6.54 Å². The van der Waals surface area contributed by atoms with Crippen LogP contribution in [0.1, 0.15) is 38.5 Å². The number of esters is 1. The Kier molecular flexibility index (Phi) is 5.45. The maximum Gasteiger partial charge on any atom is 0.323 e. The van der Waals surface area contributed by atoms with E-state index in [9.17, 15) is 4.79 Å². The van der Waals surface area contributed by atoms with Gasteiger partial charge in [-0.2, -0.15) is 0 Å². The molecule has 0 aromatic rings. The number of hydrogen-bond acceptors (Lipinski definition) is 4. The van der Waals surface area contributed by atoms with E-state index in [2.05, 4.69) is 9.80 Å². The van der Waals surface area contributed by atoms with Crippen LogP contribution in [0.4, 0.5) is 0 Å². The molecule has 0 radical (unpaired) electrons. The number of ether oxygens (including phenoxy) is 1. The maximum atomic E-state index is 11.7. The van der Waals surface area contributed by atoms with Crippen LogP contribution in [0.15, 0.2) is 0 Å². The van der Waals surface area contributed by atoms with Crippen LogP contribution in [-0.4, -0.2) is 61.6 Å². The minimum atomic E-state index is -0.0455. The molecule has 0 unspecified atom stereocenters. The van der Waals surface area contributed by atoms with Crippen molar-refractivity contribution in [2.24, 2.45) is 0 Å². The van der Waals surface area contributed by atoms with Gasteiger partial charge in [-0.1, -0.05) is 6.42 Å². The molecule has 2 aliphatic heterocycles. The van der Waals surface area contributed by atoms with E-state index in [1.54, 1.807) is 0 Å². The first-order chi connectivity index (χ1) is 8.81. The first-order valence-corrected chi connectivity index (χ1v) is 7.35. The fourth-order valence-corrected chi connectivity index (χ4v) is 3.17. The Labute approximate surface area is 110 Å². The van der Waals surface area contributed by atoms with Crippen molar-refractivity contribution >= 4 is 5.97 Å². The predicted molar refractivity (Wildman–Crippen MR) is 71.5 cm³/mol. The summed E-state index contributed by atoms with van der Waals surface area (Å²) in [5, 5.41) is 0. The van der Waals surface area contributed by atoms with Gasteiger partial charge in [0.2, 0.25) is 0 Å². The predicted octanol–water partition coefficient (Wildman–Crippen LogP) is 1.50. The van der Waals surface area contributed by atoms with Gasteiger partial charge in [-0.15, -0.1) is 0 Å². The lowest BCUT2D eigenvalue weighted by molar-refractivity contribution is -0.148. The summed E-state index contributed by atoms with van der Waals surface area (Å²) in [6.07, 6.45) is 7.23.